The third-order valence-corrected chi connectivity index (χ3v) is 3.31. The lowest BCUT2D eigenvalue weighted by molar-refractivity contribution is 0.490. The van der Waals surface area contributed by atoms with Crippen LogP contribution in [0.15, 0.2) is 48.5 Å². The summed E-state index contributed by atoms with van der Waals surface area (Å²) in [5, 5.41) is 3.36. The molecule has 1 unspecified atom stereocenters. The van der Waals surface area contributed by atoms with Crippen molar-refractivity contribution in [1.82, 2.24) is 5.32 Å². The molecule has 0 aliphatic rings. The third kappa shape index (κ3) is 3.64. The van der Waals surface area contributed by atoms with Crippen molar-refractivity contribution in [3.63, 3.8) is 0 Å². The molecule has 0 bridgehead atoms. The van der Waals surface area contributed by atoms with E-state index in [9.17, 15) is 8.78 Å². The van der Waals surface area contributed by atoms with E-state index in [2.05, 4.69) is 12.2 Å². The molecule has 0 aromatic heterocycles. The highest BCUT2D eigenvalue weighted by atomic mass is 19.1. The van der Waals surface area contributed by atoms with Crippen molar-refractivity contribution in [2.75, 3.05) is 6.54 Å². The summed E-state index contributed by atoms with van der Waals surface area (Å²) in [6, 6.07) is 13.7. The average molecular weight is 275 g/mol. The molecule has 3 heteroatoms. The highest BCUT2D eigenvalue weighted by molar-refractivity contribution is 5.25. The van der Waals surface area contributed by atoms with E-state index < -0.39 is 11.6 Å². The summed E-state index contributed by atoms with van der Waals surface area (Å²) in [5.41, 5.74) is 1.19. The van der Waals surface area contributed by atoms with Crippen molar-refractivity contribution in [2.24, 2.45) is 0 Å². The van der Waals surface area contributed by atoms with Gasteiger partial charge in [0, 0.05) is 11.6 Å². The fraction of sp³-hybridized carbons (Fsp3) is 0.294. The van der Waals surface area contributed by atoms with E-state index in [1.807, 2.05) is 30.3 Å². The van der Waals surface area contributed by atoms with E-state index in [1.54, 1.807) is 0 Å². The maximum Gasteiger partial charge on any atom is 0.129 e. The number of hydrogen-bond donors (Lipinski definition) is 1. The Morgan fingerprint density at radius 2 is 1.60 bits per heavy atom. The number of halogens is 2. The summed E-state index contributed by atoms with van der Waals surface area (Å²) in [6.45, 7) is 2.88. The molecule has 0 saturated heterocycles. The fourth-order valence-electron chi connectivity index (χ4n) is 2.24. The largest absolute Gasteiger partial charge is 0.310 e. The first-order valence-corrected chi connectivity index (χ1v) is 6.93. The lowest BCUT2D eigenvalue weighted by Gasteiger charge is -2.19. The lowest BCUT2D eigenvalue weighted by atomic mass is 9.98. The minimum absolute atomic E-state index is 0.0810. The summed E-state index contributed by atoms with van der Waals surface area (Å²) in [5.74, 6) is -0.964. The standard InChI is InChI=1S/C17H19F2N/c1-2-11-20-17(13-7-4-3-5-8-13)12-14-15(18)9-6-10-16(14)19/h3-10,17,20H,2,11-12H2,1H3. The number of nitrogens with one attached hydrogen (secondary N) is 1. The summed E-state index contributed by atoms with van der Waals surface area (Å²) in [7, 11) is 0. The number of rotatable bonds is 6. The molecule has 0 amide bonds. The van der Waals surface area contributed by atoms with Gasteiger partial charge < -0.3 is 5.32 Å². The van der Waals surface area contributed by atoms with Crippen LogP contribution in [0.5, 0.6) is 0 Å². The van der Waals surface area contributed by atoms with E-state index in [0.717, 1.165) is 18.5 Å². The summed E-state index contributed by atoms with van der Waals surface area (Å²) >= 11 is 0. The SMILES string of the molecule is CCCNC(Cc1c(F)cccc1F)c1ccccc1. The van der Waals surface area contributed by atoms with Crippen molar-refractivity contribution >= 4 is 0 Å². The molecular formula is C17H19F2N. The molecule has 0 saturated carbocycles. The predicted octanol–water partition coefficient (Wildman–Crippen LogP) is 4.25. The van der Waals surface area contributed by atoms with Gasteiger partial charge in [-0.2, -0.15) is 0 Å². The second-order valence-electron chi connectivity index (χ2n) is 4.82. The highest BCUT2D eigenvalue weighted by Gasteiger charge is 2.16. The summed E-state index contributed by atoms with van der Waals surface area (Å²) in [6.07, 6.45) is 1.28. The average Bonchev–Trinajstić information content (AvgIpc) is 2.47. The second kappa shape index (κ2) is 7.15. The molecule has 0 radical (unpaired) electrons. The summed E-state index contributed by atoms with van der Waals surface area (Å²) in [4.78, 5) is 0. The minimum atomic E-state index is -0.482. The van der Waals surface area contributed by atoms with E-state index in [1.165, 1.54) is 18.2 Å². The van der Waals surface area contributed by atoms with Gasteiger partial charge in [-0.3, -0.25) is 0 Å². The smallest absolute Gasteiger partial charge is 0.129 e. The Balaban J connectivity index is 2.24. The van der Waals surface area contributed by atoms with Crippen LogP contribution in [0.2, 0.25) is 0 Å². The Bertz CT molecular complexity index is 520. The molecular weight excluding hydrogens is 256 g/mol. The Morgan fingerprint density at radius 1 is 0.950 bits per heavy atom. The van der Waals surface area contributed by atoms with Crippen LogP contribution >= 0.6 is 0 Å². The molecule has 106 valence electrons. The first kappa shape index (κ1) is 14.7. The van der Waals surface area contributed by atoms with Crippen molar-refractivity contribution in [1.29, 1.82) is 0 Å². The van der Waals surface area contributed by atoms with E-state index in [4.69, 9.17) is 0 Å². The monoisotopic (exact) mass is 275 g/mol. The molecule has 20 heavy (non-hydrogen) atoms. The number of benzene rings is 2. The van der Waals surface area contributed by atoms with E-state index >= 15 is 0 Å². The van der Waals surface area contributed by atoms with Gasteiger partial charge in [0.15, 0.2) is 0 Å². The first-order valence-electron chi connectivity index (χ1n) is 6.93. The molecule has 1 N–H and O–H groups in total. The van der Waals surface area contributed by atoms with Gasteiger partial charge in [-0.15, -0.1) is 0 Å². The van der Waals surface area contributed by atoms with Crippen LogP contribution in [-0.4, -0.2) is 6.54 Å². The van der Waals surface area contributed by atoms with Crippen LogP contribution in [0.25, 0.3) is 0 Å². The van der Waals surface area contributed by atoms with Crippen molar-refractivity contribution in [2.45, 2.75) is 25.8 Å². The molecule has 0 fully saturated rings. The maximum absolute atomic E-state index is 13.8. The zero-order valence-electron chi connectivity index (χ0n) is 11.6. The van der Waals surface area contributed by atoms with Crippen molar-refractivity contribution < 1.29 is 8.78 Å². The van der Waals surface area contributed by atoms with Gasteiger partial charge in [0.05, 0.1) is 0 Å². The van der Waals surface area contributed by atoms with Crippen LogP contribution < -0.4 is 5.32 Å². The molecule has 2 rings (SSSR count). The Kier molecular flexibility index (Phi) is 5.24. The molecule has 2 aromatic carbocycles. The van der Waals surface area contributed by atoms with Crippen molar-refractivity contribution in [3.8, 4) is 0 Å². The van der Waals surface area contributed by atoms with Crippen LogP contribution in [0.4, 0.5) is 8.78 Å². The third-order valence-electron chi connectivity index (χ3n) is 3.31. The van der Waals surface area contributed by atoms with Gasteiger partial charge in [0.25, 0.3) is 0 Å². The Labute approximate surface area is 118 Å². The normalized spacial score (nSPS) is 12.3. The highest BCUT2D eigenvalue weighted by Crippen LogP contribution is 2.22. The van der Waals surface area contributed by atoms with Crippen LogP contribution in [-0.2, 0) is 6.42 Å². The van der Waals surface area contributed by atoms with Crippen LogP contribution in [0, 0.1) is 11.6 Å². The molecule has 0 heterocycles. The molecule has 0 aliphatic heterocycles. The quantitative estimate of drug-likeness (QED) is 0.831. The Hall–Kier alpha value is -1.74. The topological polar surface area (TPSA) is 12.0 Å². The Morgan fingerprint density at radius 3 is 2.20 bits per heavy atom. The van der Waals surface area contributed by atoms with Gasteiger partial charge in [0.1, 0.15) is 11.6 Å². The minimum Gasteiger partial charge on any atom is -0.310 e. The number of hydrogen-bond acceptors (Lipinski definition) is 1. The molecule has 1 nitrogen and oxygen atoms in total. The maximum atomic E-state index is 13.8. The van der Waals surface area contributed by atoms with Gasteiger partial charge in [-0.1, -0.05) is 43.3 Å². The zero-order valence-corrected chi connectivity index (χ0v) is 11.6. The summed E-state index contributed by atoms with van der Waals surface area (Å²) < 4.78 is 27.6. The fourth-order valence-corrected chi connectivity index (χ4v) is 2.24. The second-order valence-corrected chi connectivity index (χ2v) is 4.82. The zero-order chi connectivity index (χ0) is 14.4. The molecule has 1 atom stereocenters. The lowest BCUT2D eigenvalue weighted by Crippen LogP contribution is -2.24. The molecule has 2 aromatic rings. The van der Waals surface area contributed by atoms with E-state index in [0.29, 0.717) is 6.42 Å². The van der Waals surface area contributed by atoms with Crippen molar-refractivity contribution in [3.05, 3.63) is 71.3 Å². The van der Waals surface area contributed by atoms with Gasteiger partial charge >= 0.3 is 0 Å². The first-order chi connectivity index (χ1) is 9.72. The van der Waals surface area contributed by atoms with Gasteiger partial charge in [-0.05, 0) is 37.1 Å². The molecule has 0 spiro atoms. The van der Waals surface area contributed by atoms with Gasteiger partial charge in [-0.25, -0.2) is 8.78 Å². The molecule has 0 aliphatic carbocycles. The van der Waals surface area contributed by atoms with Crippen LogP contribution in [0.1, 0.15) is 30.5 Å². The van der Waals surface area contributed by atoms with E-state index in [-0.39, 0.29) is 11.6 Å². The van der Waals surface area contributed by atoms with Crippen LogP contribution in [0.3, 0.4) is 0 Å². The predicted molar refractivity (Wildman–Crippen MR) is 77.5 cm³/mol. The van der Waals surface area contributed by atoms with Gasteiger partial charge in [0.2, 0.25) is 0 Å².